The fraction of sp³-hybridized carbons (Fsp3) is 0.500. The van der Waals surface area contributed by atoms with Gasteiger partial charge in [-0.3, -0.25) is 0 Å². The summed E-state index contributed by atoms with van der Waals surface area (Å²) in [5.74, 6) is -0.720. The van der Waals surface area contributed by atoms with E-state index in [4.69, 9.17) is 4.74 Å². The summed E-state index contributed by atoms with van der Waals surface area (Å²) in [5.41, 5.74) is 1.06. The number of carbonyl (C=O) groups excluding carboxylic acids is 1. The van der Waals surface area contributed by atoms with Crippen molar-refractivity contribution in [2.24, 2.45) is 5.92 Å². The molecule has 2 aromatic rings. The van der Waals surface area contributed by atoms with Crippen LogP contribution in [0.1, 0.15) is 65.4 Å². The number of nitrogens with one attached hydrogen (secondary N) is 2. The van der Waals surface area contributed by atoms with Crippen molar-refractivity contribution in [3.63, 3.8) is 0 Å². The molecule has 0 heterocycles. The number of benzene rings is 2. The van der Waals surface area contributed by atoms with Crippen LogP contribution in [-0.2, 0) is 4.79 Å². The van der Waals surface area contributed by atoms with Crippen LogP contribution in [0.5, 0.6) is 5.75 Å². The van der Waals surface area contributed by atoms with E-state index in [1.54, 1.807) is 19.1 Å². The molecule has 8 heteroatoms. The first-order valence-corrected chi connectivity index (χ1v) is 12.6. The van der Waals surface area contributed by atoms with Gasteiger partial charge in [0, 0.05) is 24.3 Å². The third-order valence-corrected chi connectivity index (χ3v) is 6.43. The highest BCUT2D eigenvalue weighted by molar-refractivity contribution is 6.02. The number of hydrogen-bond donors (Lipinski definition) is 3. The molecule has 3 N–H and O–H groups in total. The van der Waals surface area contributed by atoms with Gasteiger partial charge in [0.05, 0.1) is 11.4 Å². The molecule has 1 aliphatic carbocycles. The van der Waals surface area contributed by atoms with Crippen molar-refractivity contribution in [2.75, 3.05) is 22.1 Å². The lowest BCUT2D eigenvalue weighted by Gasteiger charge is -2.38. The van der Waals surface area contributed by atoms with Crippen molar-refractivity contribution >= 4 is 29.1 Å². The monoisotopic (exact) mass is 499 g/mol. The Balaban J connectivity index is 1.96. The molecule has 36 heavy (non-hydrogen) atoms. The first kappa shape index (κ1) is 27.3. The summed E-state index contributed by atoms with van der Waals surface area (Å²) in [6.07, 6.45) is 5.73. The van der Waals surface area contributed by atoms with Crippen molar-refractivity contribution in [2.45, 2.75) is 78.4 Å². The minimum absolute atomic E-state index is 0.340. The van der Waals surface area contributed by atoms with Gasteiger partial charge in [-0.25, -0.2) is 14.0 Å². The highest BCUT2D eigenvalue weighted by Crippen LogP contribution is 2.36. The smallest absolute Gasteiger partial charge is 0.347 e. The summed E-state index contributed by atoms with van der Waals surface area (Å²) >= 11 is 0. The molecule has 0 spiro atoms. The molecule has 0 atom stereocenters. The molecule has 2 amide bonds. The molecule has 0 unspecified atom stereocenters. The zero-order chi connectivity index (χ0) is 26.5. The van der Waals surface area contributed by atoms with E-state index in [0.717, 1.165) is 25.1 Å². The maximum absolute atomic E-state index is 13.5. The van der Waals surface area contributed by atoms with Gasteiger partial charge < -0.3 is 25.4 Å². The number of anilines is 3. The summed E-state index contributed by atoms with van der Waals surface area (Å²) in [6.45, 7) is 9.83. The zero-order valence-corrected chi connectivity index (χ0v) is 21.9. The van der Waals surface area contributed by atoms with E-state index in [1.165, 1.54) is 51.3 Å². The van der Waals surface area contributed by atoms with Gasteiger partial charge in [0.1, 0.15) is 11.6 Å². The Kier molecular flexibility index (Phi) is 8.82. The molecule has 1 fully saturated rings. The third-order valence-electron chi connectivity index (χ3n) is 6.43. The molecule has 0 aliphatic heterocycles. The summed E-state index contributed by atoms with van der Waals surface area (Å²) < 4.78 is 19.3. The van der Waals surface area contributed by atoms with Crippen LogP contribution in [0.2, 0.25) is 0 Å². The van der Waals surface area contributed by atoms with Gasteiger partial charge in [0.25, 0.3) is 0 Å². The number of carboxylic acids is 1. The standard InChI is InChI=1S/C28H38FN3O4/c1-18(2)17-32(21-9-7-6-8-10-21)25-14-12-22(36-28(4,5)26(33)34)16-24(25)31-27(35)30-23-13-11-20(29)15-19(23)3/h11-16,18,21H,6-10,17H2,1-5H3,(H,33,34)(H2,30,31,35). The molecule has 1 saturated carbocycles. The summed E-state index contributed by atoms with van der Waals surface area (Å²) in [6, 6.07) is 9.37. The van der Waals surface area contributed by atoms with Crippen LogP contribution in [0.4, 0.5) is 26.2 Å². The van der Waals surface area contributed by atoms with Crippen molar-refractivity contribution in [1.82, 2.24) is 0 Å². The van der Waals surface area contributed by atoms with E-state index in [9.17, 15) is 19.1 Å². The fourth-order valence-electron chi connectivity index (χ4n) is 4.54. The van der Waals surface area contributed by atoms with Crippen molar-refractivity contribution in [3.8, 4) is 5.75 Å². The molecule has 0 bridgehead atoms. The third kappa shape index (κ3) is 7.12. The summed E-state index contributed by atoms with van der Waals surface area (Å²) in [4.78, 5) is 27.0. The number of rotatable bonds is 9. The minimum Gasteiger partial charge on any atom is -0.478 e. The molecular formula is C28H38FN3O4. The van der Waals surface area contributed by atoms with Crippen molar-refractivity contribution < 1.29 is 23.8 Å². The van der Waals surface area contributed by atoms with Gasteiger partial charge in [-0.2, -0.15) is 0 Å². The van der Waals surface area contributed by atoms with Crippen LogP contribution in [0, 0.1) is 18.7 Å². The lowest BCUT2D eigenvalue weighted by atomic mass is 9.93. The Bertz CT molecular complexity index is 1080. The maximum atomic E-state index is 13.5. The number of ether oxygens (including phenoxy) is 1. The molecule has 7 nitrogen and oxygen atoms in total. The number of urea groups is 1. The van der Waals surface area contributed by atoms with Crippen LogP contribution < -0.4 is 20.3 Å². The number of hydrogen-bond acceptors (Lipinski definition) is 4. The topological polar surface area (TPSA) is 90.9 Å². The SMILES string of the molecule is Cc1cc(F)ccc1NC(=O)Nc1cc(OC(C)(C)C(=O)O)ccc1N(CC(C)C)C1CCCCC1. The van der Waals surface area contributed by atoms with E-state index >= 15 is 0 Å². The minimum atomic E-state index is -1.44. The number of amides is 2. The van der Waals surface area contributed by atoms with E-state index in [0.29, 0.717) is 34.6 Å². The second-order valence-electron chi connectivity index (χ2n) is 10.5. The Morgan fingerprint density at radius 2 is 1.75 bits per heavy atom. The molecule has 0 saturated heterocycles. The van der Waals surface area contributed by atoms with Crippen molar-refractivity contribution in [3.05, 3.63) is 47.8 Å². The van der Waals surface area contributed by atoms with Gasteiger partial charge >= 0.3 is 12.0 Å². The van der Waals surface area contributed by atoms with Gasteiger partial charge in [-0.15, -0.1) is 0 Å². The maximum Gasteiger partial charge on any atom is 0.347 e. The second-order valence-corrected chi connectivity index (χ2v) is 10.5. The molecule has 0 radical (unpaired) electrons. The second kappa shape index (κ2) is 11.6. The largest absolute Gasteiger partial charge is 0.478 e. The molecule has 3 rings (SSSR count). The average molecular weight is 500 g/mol. The fourth-order valence-corrected chi connectivity index (χ4v) is 4.54. The molecular weight excluding hydrogens is 461 g/mol. The molecule has 0 aromatic heterocycles. The predicted octanol–water partition coefficient (Wildman–Crippen LogP) is 6.82. The first-order valence-electron chi connectivity index (χ1n) is 12.6. The number of aryl methyl sites for hydroxylation is 1. The molecule has 196 valence electrons. The molecule has 1 aliphatic rings. The van der Waals surface area contributed by atoms with E-state index in [2.05, 4.69) is 29.4 Å². The normalized spacial score (nSPS) is 14.4. The lowest BCUT2D eigenvalue weighted by Crippen LogP contribution is -2.40. The first-order chi connectivity index (χ1) is 17.0. The van der Waals surface area contributed by atoms with Crippen LogP contribution >= 0.6 is 0 Å². The van der Waals surface area contributed by atoms with Crippen LogP contribution in [0.3, 0.4) is 0 Å². The van der Waals surface area contributed by atoms with Crippen molar-refractivity contribution in [1.29, 1.82) is 0 Å². The van der Waals surface area contributed by atoms with Crippen LogP contribution in [0.25, 0.3) is 0 Å². The summed E-state index contributed by atoms with van der Waals surface area (Å²) in [5, 5.41) is 15.2. The van der Waals surface area contributed by atoms with Gasteiger partial charge in [0.2, 0.25) is 0 Å². The Morgan fingerprint density at radius 3 is 2.36 bits per heavy atom. The Hall–Kier alpha value is -3.29. The average Bonchev–Trinajstić information content (AvgIpc) is 2.80. The van der Waals surface area contributed by atoms with Gasteiger partial charge in [-0.05, 0) is 75.4 Å². The number of carboxylic acid groups (broad SMARTS) is 1. The number of aliphatic carboxylic acids is 1. The van der Waals surface area contributed by atoms with Gasteiger partial charge in [-0.1, -0.05) is 33.1 Å². The summed E-state index contributed by atoms with van der Waals surface area (Å²) in [7, 11) is 0. The zero-order valence-electron chi connectivity index (χ0n) is 21.9. The van der Waals surface area contributed by atoms with Gasteiger partial charge in [0.15, 0.2) is 5.60 Å². The molecule has 2 aromatic carbocycles. The number of halogens is 1. The van der Waals surface area contributed by atoms with Crippen LogP contribution in [0.15, 0.2) is 36.4 Å². The Labute approximate surface area is 213 Å². The van der Waals surface area contributed by atoms with E-state index in [-0.39, 0.29) is 5.82 Å². The number of carbonyl (C=O) groups is 2. The Morgan fingerprint density at radius 1 is 1.08 bits per heavy atom. The highest BCUT2D eigenvalue weighted by Gasteiger charge is 2.30. The number of nitrogens with zero attached hydrogens (tertiary/aromatic N) is 1. The highest BCUT2D eigenvalue weighted by atomic mass is 19.1. The van der Waals surface area contributed by atoms with E-state index < -0.39 is 17.6 Å². The quantitative estimate of drug-likeness (QED) is 0.352. The predicted molar refractivity (Wildman–Crippen MR) is 142 cm³/mol. The van der Waals surface area contributed by atoms with Crippen LogP contribution in [-0.4, -0.2) is 35.3 Å². The van der Waals surface area contributed by atoms with E-state index in [1.807, 2.05) is 6.07 Å². The lowest BCUT2D eigenvalue weighted by molar-refractivity contribution is -0.152.